The number of halogens is 1. The zero-order chi connectivity index (χ0) is 23.7. The van der Waals surface area contributed by atoms with Gasteiger partial charge in [0, 0.05) is 31.0 Å². The zero-order valence-corrected chi connectivity index (χ0v) is 19.6. The highest BCUT2D eigenvalue weighted by Crippen LogP contribution is 2.47. The minimum atomic E-state index is -0.418. The first-order valence-corrected chi connectivity index (χ1v) is 12.2. The molecule has 4 nitrogen and oxygen atoms in total. The van der Waals surface area contributed by atoms with Crippen molar-refractivity contribution in [2.75, 3.05) is 26.2 Å². The Kier molecular flexibility index (Phi) is 6.22. The van der Waals surface area contributed by atoms with Crippen molar-refractivity contribution in [3.8, 4) is 0 Å². The van der Waals surface area contributed by atoms with Gasteiger partial charge in [-0.05, 0) is 66.4 Å². The topological polar surface area (TPSA) is 49.4 Å². The average molecular weight is 459 g/mol. The second-order valence-corrected chi connectivity index (χ2v) is 10.1. The van der Waals surface area contributed by atoms with Crippen LogP contribution in [0.3, 0.4) is 0 Å². The summed E-state index contributed by atoms with van der Waals surface area (Å²) in [6, 6.07) is 20.6. The maximum Gasteiger partial charge on any atom is 0.227 e. The number of carbonyl (C=O) groups excluding carboxylic acids is 2. The normalized spacial score (nSPS) is 21.0. The van der Waals surface area contributed by atoms with E-state index in [0.717, 1.165) is 54.4 Å². The van der Waals surface area contributed by atoms with Crippen LogP contribution in [0.5, 0.6) is 0 Å². The van der Waals surface area contributed by atoms with E-state index < -0.39 is 5.41 Å². The smallest absolute Gasteiger partial charge is 0.227 e. The van der Waals surface area contributed by atoms with Gasteiger partial charge in [0.1, 0.15) is 5.82 Å². The quantitative estimate of drug-likeness (QED) is 0.518. The van der Waals surface area contributed by atoms with Crippen LogP contribution >= 0.6 is 0 Å². The van der Waals surface area contributed by atoms with E-state index in [-0.39, 0.29) is 29.3 Å². The van der Waals surface area contributed by atoms with Gasteiger partial charge in [0.15, 0.2) is 5.78 Å². The van der Waals surface area contributed by atoms with Crippen molar-refractivity contribution < 1.29 is 14.0 Å². The summed E-state index contributed by atoms with van der Waals surface area (Å²) in [7, 11) is 0. The summed E-state index contributed by atoms with van der Waals surface area (Å²) in [5.74, 6) is 0.365. The van der Waals surface area contributed by atoms with Crippen LogP contribution in [-0.2, 0) is 4.79 Å². The van der Waals surface area contributed by atoms with E-state index in [0.29, 0.717) is 13.0 Å². The molecule has 0 aliphatic carbocycles. The Hall–Kier alpha value is -3.05. The second-order valence-electron chi connectivity index (χ2n) is 10.1. The number of likely N-dealkylation sites (tertiary alicyclic amines) is 1. The maximum atomic E-state index is 13.4. The Labute approximate surface area is 200 Å². The lowest BCUT2D eigenvalue weighted by Gasteiger charge is -2.41. The van der Waals surface area contributed by atoms with E-state index in [4.69, 9.17) is 0 Å². The molecule has 0 aromatic heterocycles. The lowest BCUT2D eigenvalue weighted by Crippen LogP contribution is -2.47. The highest BCUT2D eigenvalue weighted by Gasteiger charge is 2.51. The largest absolute Gasteiger partial charge is 0.355 e. The Morgan fingerprint density at radius 2 is 1.76 bits per heavy atom. The number of amides is 1. The van der Waals surface area contributed by atoms with Crippen LogP contribution in [0, 0.1) is 17.2 Å². The number of carbonyl (C=O) groups is 2. The molecule has 1 amide bonds. The Morgan fingerprint density at radius 3 is 2.50 bits per heavy atom. The highest BCUT2D eigenvalue weighted by atomic mass is 19.1. The van der Waals surface area contributed by atoms with Crippen molar-refractivity contribution in [1.29, 1.82) is 0 Å². The number of rotatable bonds is 6. The third-order valence-corrected chi connectivity index (χ3v) is 7.78. The first-order valence-electron chi connectivity index (χ1n) is 12.2. The number of benzene rings is 3. The van der Waals surface area contributed by atoms with Gasteiger partial charge >= 0.3 is 0 Å². The molecule has 3 aromatic carbocycles. The van der Waals surface area contributed by atoms with Crippen molar-refractivity contribution in [2.24, 2.45) is 11.3 Å². The Bertz CT molecular complexity index is 1200. The molecule has 2 atom stereocenters. The lowest BCUT2D eigenvalue weighted by molar-refractivity contribution is -0.130. The molecule has 2 heterocycles. The van der Waals surface area contributed by atoms with Gasteiger partial charge in [0.05, 0.1) is 5.41 Å². The Balaban J connectivity index is 1.19. The van der Waals surface area contributed by atoms with Crippen molar-refractivity contribution in [1.82, 2.24) is 10.2 Å². The molecule has 2 aliphatic heterocycles. The van der Waals surface area contributed by atoms with Crippen LogP contribution < -0.4 is 5.32 Å². The van der Waals surface area contributed by atoms with Gasteiger partial charge in [-0.3, -0.25) is 9.59 Å². The molecule has 34 heavy (non-hydrogen) atoms. The van der Waals surface area contributed by atoms with Crippen molar-refractivity contribution in [3.05, 3.63) is 83.7 Å². The molecule has 176 valence electrons. The lowest BCUT2D eigenvalue weighted by atomic mass is 9.68. The predicted molar refractivity (Wildman–Crippen MR) is 132 cm³/mol. The van der Waals surface area contributed by atoms with Gasteiger partial charge in [-0.2, -0.15) is 0 Å². The van der Waals surface area contributed by atoms with Crippen LogP contribution in [-0.4, -0.2) is 42.8 Å². The van der Waals surface area contributed by atoms with Gasteiger partial charge in [0.25, 0.3) is 0 Å². The van der Waals surface area contributed by atoms with Crippen molar-refractivity contribution in [3.63, 3.8) is 0 Å². The molecule has 1 spiro atoms. The number of hydrogen-bond donors (Lipinski definition) is 1. The van der Waals surface area contributed by atoms with Gasteiger partial charge in [-0.15, -0.1) is 0 Å². The van der Waals surface area contributed by atoms with Gasteiger partial charge in [0.2, 0.25) is 5.91 Å². The monoisotopic (exact) mass is 458 g/mol. The third-order valence-electron chi connectivity index (χ3n) is 7.78. The molecule has 2 aliphatic rings. The van der Waals surface area contributed by atoms with E-state index in [1.807, 2.05) is 48.5 Å². The molecule has 1 N–H and O–H groups in total. The molecular formula is C29H31FN2O2. The minimum absolute atomic E-state index is 0.0784. The van der Waals surface area contributed by atoms with E-state index in [2.05, 4.69) is 23.2 Å². The molecule has 5 heteroatoms. The fraction of sp³-hybridized carbons (Fsp3) is 0.379. The van der Waals surface area contributed by atoms with Gasteiger partial charge < -0.3 is 10.2 Å². The van der Waals surface area contributed by atoms with Crippen molar-refractivity contribution in [2.45, 2.75) is 32.1 Å². The van der Waals surface area contributed by atoms with E-state index in [1.54, 1.807) is 0 Å². The van der Waals surface area contributed by atoms with Crippen LogP contribution in [0.1, 0.15) is 48.0 Å². The molecule has 3 aromatic rings. The molecule has 2 fully saturated rings. The first-order chi connectivity index (χ1) is 16.4. The number of Topliss-reactive ketones (excluding diaryl/α,β-unsaturated/α-hetero) is 1. The Morgan fingerprint density at radius 1 is 1.06 bits per heavy atom. The van der Waals surface area contributed by atoms with Crippen LogP contribution in [0.25, 0.3) is 10.8 Å². The number of fused-ring (bicyclic) bond motifs is 1. The zero-order valence-electron chi connectivity index (χ0n) is 19.6. The highest BCUT2D eigenvalue weighted by molar-refractivity contribution is 6.00. The van der Waals surface area contributed by atoms with E-state index in [1.165, 1.54) is 12.1 Å². The SMILES string of the molecule is C[C@H](CC(=O)c1ccc2ccccc2c1)CN1CCC2(CC1)C(=O)NCC2c1ccc(F)cc1. The fourth-order valence-electron chi connectivity index (χ4n) is 5.87. The first kappa shape index (κ1) is 22.7. The number of piperidine rings is 1. The second kappa shape index (κ2) is 9.30. The third kappa shape index (κ3) is 4.37. The molecule has 2 saturated heterocycles. The molecule has 5 rings (SSSR count). The minimum Gasteiger partial charge on any atom is -0.355 e. The summed E-state index contributed by atoms with van der Waals surface area (Å²) >= 11 is 0. The standard InChI is InChI=1S/C29H31FN2O2/c1-20(16-27(33)24-7-6-21-4-2-3-5-23(21)17-24)19-32-14-12-29(13-15-32)26(18-31-28(29)34)22-8-10-25(30)11-9-22/h2-11,17,20,26H,12-16,18-19H2,1H3,(H,31,34)/t20-,26?/m1/s1. The number of nitrogens with zero attached hydrogens (tertiary/aromatic N) is 1. The molecule has 0 bridgehead atoms. The van der Waals surface area contributed by atoms with E-state index in [9.17, 15) is 14.0 Å². The van der Waals surface area contributed by atoms with Crippen molar-refractivity contribution >= 4 is 22.5 Å². The predicted octanol–water partition coefficient (Wildman–Crippen LogP) is 5.18. The summed E-state index contributed by atoms with van der Waals surface area (Å²) in [6.45, 7) is 5.26. The fourth-order valence-corrected chi connectivity index (χ4v) is 5.87. The summed E-state index contributed by atoms with van der Waals surface area (Å²) < 4.78 is 13.4. The number of ketones is 1. The maximum absolute atomic E-state index is 13.4. The molecular weight excluding hydrogens is 427 g/mol. The summed E-state index contributed by atoms with van der Waals surface area (Å²) in [4.78, 5) is 28.2. The van der Waals surface area contributed by atoms with E-state index >= 15 is 0 Å². The number of nitrogens with one attached hydrogen (secondary N) is 1. The molecule has 0 radical (unpaired) electrons. The van der Waals surface area contributed by atoms with Gasteiger partial charge in [-0.1, -0.05) is 55.5 Å². The summed E-state index contributed by atoms with van der Waals surface area (Å²) in [5, 5.41) is 5.29. The molecule has 1 unspecified atom stereocenters. The summed E-state index contributed by atoms with van der Waals surface area (Å²) in [5.41, 5.74) is 1.38. The van der Waals surface area contributed by atoms with Crippen LogP contribution in [0.15, 0.2) is 66.7 Å². The number of hydrogen-bond acceptors (Lipinski definition) is 3. The average Bonchev–Trinajstić information content (AvgIpc) is 3.16. The summed E-state index contributed by atoms with van der Waals surface area (Å²) in [6.07, 6.45) is 2.08. The molecule has 0 saturated carbocycles. The van der Waals surface area contributed by atoms with Gasteiger partial charge in [-0.25, -0.2) is 4.39 Å². The van der Waals surface area contributed by atoms with Crippen LogP contribution in [0.2, 0.25) is 0 Å². The van der Waals surface area contributed by atoms with Crippen LogP contribution in [0.4, 0.5) is 4.39 Å².